The highest BCUT2D eigenvalue weighted by molar-refractivity contribution is 5.10. The number of hydrogen-bond donors (Lipinski definition) is 0. The number of methoxy groups -OCH3 is 1. The number of halogens is 1. The third-order valence-corrected chi connectivity index (χ3v) is 1.24. The molecule has 0 aromatic carbocycles. The zero-order valence-electron chi connectivity index (χ0n) is 5.97. The molecule has 0 fully saturated rings. The fourth-order valence-corrected chi connectivity index (χ4v) is 0.779. The maximum absolute atomic E-state index is 12.6. The Morgan fingerprint density at radius 2 is 2.50 bits per heavy atom. The van der Waals surface area contributed by atoms with E-state index in [1.807, 2.05) is 6.92 Å². The summed E-state index contributed by atoms with van der Waals surface area (Å²) >= 11 is 0. The highest BCUT2D eigenvalue weighted by Gasteiger charge is 2.07. The third kappa shape index (κ3) is 0.964. The topological polar surface area (TPSA) is 27.1 Å². The van der Waals surface area contributed by atoms with Gasteiger partial charge in [0.1, 0.15) is 0 Å². The molecule has 1 aromatic heterocycles. The van der Waals surface area contributed by atoms with Gasteiger partial charge in [0.05, 0.1) is 13.3 Å². The zero-order chi connectivity index (χ0) is 7.56. The van der Waals surface area contributed by atoms with Gasteiger partial charge in [-0.25, -0.2) is 4.68 Å². The van der Waals surface area contributed by atoms with E-state index in [0.29, 0.717) is 6.54 Å². The second-order valence-corrected chi connectivity index (χ2v) is 1.82. The summed E-state index contributed by atoms with van der Waals surface area (Å²) in [4.78, 5) is 0. The molecule has 3 nitrogen and oxygen atoms in total. The average Bonchev–Trinajstić information content (AvgIpc) is 2.30. The van der Waals surface area contributed by atoms with E-state index in [0.717, 1.165) is 6.20 Å². The van der Waals surface area contributed by atoms with Crippen LogP contribution in [0.4, 0.5) is 4.39 Å². The quantitative estimate of drug-likeness (QED) is 0.620. The Balaban J connectivity index is 3.01. The van der Waals surface area contributed by atoms with Crippen LogP contribution >= 0.6 is 0 Å². The van der Waals surface area contributed by atoms with Crippen molar-refractivity contribution in [2.75, 3.05) is 7.11 Å². The minimum absolute atomic E-state index is 0.197. The molecule has 1 heterocycles. The van der Waals surface area contributed by atoms with Gasteiger partial charge in [-0.05, 0) is 6.92 Å². The number of aromatic nitrogens is 2. The molecule has 0 spiro atoms. The maximum atomic E-state index is 12.6. The van der Waals surface area contributed by atoms with Crippen LogP contribution in [0.1, 0.15) is 6.92 Å². The first-order valence-corrected chi connectivity index (χ1v) is 3.05. The lowest BCUT2D eigenvalue weighted by Crippen LogP contribution is -1.99. The minimum atomic E-state index is -0.413. The molecular weight excluding hydrogens is 135 g/mol. The van der Waals surface area contributed by atoms with Crippen LogP contribution in [0.25, 0.3) is 0 Å². The molecule has 0 bridgehead atoms. The normalized spacial score (nSPS) is 9.90. The van der Waals surface area contributed by atoms with Crippen LogP contribution in [0.5, 0.6) is 5.88 Å². The van der Waals surface area contributed by atoms with Crippen LogP contribution in [-0.2, 0) is 6.54 Å². The van der Waals surface area contributed by atoms with Crippen LogP contribution in [0.2, 0.25) is 0 Å². The highest BCUT2D eigenvalue weighted by Crippen LogP contribution is 2.14. The first kappa shape index (κ1) is 7.05. The van der Waals surface area contributed by atoms with Gasteiger partial charge in [0.2, 0.25) is 11.7 Å². The van der Waals surface area contributed by atoms with Crippen molar-refractivity contribution in [2.24, 2.45) is 0 Å². The van der Waals surface area contributed by atoms with E-state index in [4.69, 9.17) is 4.74 Å². The Morgan fingerprint density at radius 3 is 2.90 bits per heavy atom. The van der Waals surface area contributed by atoms with Crippen LogP contribution in [0.15, 0.2) is 6.20 Å². The molecule has 1 aromatic rings. The molecule has 0 aliphatic heterocycles. The molecule has 0 saturated carbocycles. The van der Waals surface area contributed by atoms with Gasteiger partial charge in [-0.15, -0.1) is 0 Å². The first-order valence-electron chi connectivity index (χ1n) is 3.05. The van der Waals surface area contributed by atoms with Crippen molar-refractivity contribution in [2.45, 2.75) is 13.5 Å². The maximum Gasteiger partial charge on any atom is 0.248 e. The molecule has 0 aliphatic rings. The summed E-state index contributed by atoms with van der Waals surface area (Å²) in [5, 5.41) is 3.72. The van der Waals surface area contributed by atoms with Gasteiger partial charge < -0.3 is 4.74 Å². The Morgan fingerprint density at radius 1 is 1.80 bits per heavy atom. The predicted octanol–water partition coefficient (Wildman–Crippen LogP) is 1.05. The summed E-state index contributed by atoms with van der Waals surface area (Å²) in [7, 11) is 1.42. The van der Waals surface area contributed by atoms with Gasteiger partial charge >= 0.3 is 0 Å². The van der Waals surface area contributed by atoms with Gasteiger partial charge in [-0.2, -0.15) is 9.49 Å². The Labute approximate surface area is 58.4 Å². The van der Waals surface area contributed by atoms with Crippen LogP contribution < -0.4 is 4.74 Å². The molecule has 56 valence electrons. The standard InChI is InChI=1S/C6H9FN2O/c1-3-9-6(10-2)5(7)4-8-9/h4H,3H2,1-2H3. The zero-order valence-corrected chi connectivity index (χ0v) is 5.97. The molecule has 10 heavy (non-hydrogen) atoms. The summed E-state index contributed by atoms with van der Waals surface area (Å²) in [5.41, 5.74) is 0. The molecule has 0 amide bonds. The lowest BCUT2D eigenvalue weighted by atomic mass is 10.6. The Hall–Kier alpha value is -1.06. The lowest BCUT2D eigenvalue weighted by Gasteiger charge is -2.00. The van der Waals surface area contributed by atoms with Crippen molar-refractivity contribution >= 4 is 0 Å². The molecule has 1 rings (SSSR count). The van der Waals surface area contributed by atoms with E-state index in [9.17, 15) is 4.39 Å². The molecule has 0 radical (unpaired) electrons. The smallest absolute Gasteiger partial charge is 0.248 e. The molecule has 0 N–H and O–H groups in total. The van der Waals surface area contributed by atoms with Gasteiger partial charge in [0.15, 0.2) is 0 Å². The van der Waals surface area contributed by atoms with E-state index >= 15 is 0 Å². The van der Waals surface area contributed by atoms with Crippen molar-refractivity contribution in [3.05, 3.63) is 12.0 Å². The van der Waals surface area contributed by atoms with Gasteiger partial charge in [0.25, 0.3) is 0 Å². The number of aryl methyl sites for hydroxylation is 1. The van der Waals surface area contributed by atoms with Crippen molar-refractivity contribution in [1.82, 2.24) is 9.78 Å². The van der Waals surface area contributed by atoms with Crippen LogP contribution in [0, 0.1) is 5.82 Å². The average molecular weight is 144 g/mol. The van der Waals surface area contributed by atoms with Crippen LogP contribution in [-0.4, -0.2) is 16.9 Å². The first-order chi connectivity index (χ1) is 4.79. The largest absolute Gasteiger partial charge is 0.479 e. The number of ether oxygens (including phenoxy) is 1. The molecular formula is C6H9FN2O. The summed E-state index contributed by atoms with van der Waals surface area (Å²) in [6.45, 7) is 2.49. The van der Waals surface area contributed by atoms with Crippen molar-refractivity contribution < 1.29 is 9.13 Å². The molecule has 0 unspecified atom stereocenters. The third-order valence-electron chi connectivity index (χ3n) is 1.24. The summed E-state index contributed by atoms with van der Waals surface area (Å²) in [6, 6.07) is 0. The fourth-order valence-electron chi connectivity index (χ4n) is 0.779. The van der Waals surface area contributed by atoms with Crippen molar-refractivity contribution in [3.63, 3.8) is 0 Å². The number of hydrogen-bond acceptors (Lipinski definition) is 2. The van der Waals surface area contributed by atoms with Gasteiger partial charge in [-0.1, -0.05) is 0 Å². The summed E-state index contributed by atoms with van der Waals surface area (Å²) in [5.74, 6) is -0.216. The number of rotatable bonds is 2. The highest BCUT2D eigenvalue weighted by atomic mass is 19.1. The molecule has 0 aliphatic carbocycles. The van der Waals surface area contributed by atoms with Crippen LogP contribution in [0.3, 0.4) is 0 Å². The summed E-state index contributed by atoms with van der Waals surface area (Å²) < 4.78 is 18.8. The monoisotopic (exact) mass is 144 g/mol. The molecule has 4 heteroatoms. The predicted molar refractivity (Wildman–Crippen MR) is 34.4 cm³/mol. The van der Waals surface area contributed by atoms with Gasteiger partial charge in [0, 0.05) is 6.54 Å². The second kappa shape index (κ2) is 2.68. The summed E-state index contributed by atoms with van der Waals surface area (Å²) in [6.07, 6.45) is 1.14. The molecule has 0 atom stereocenters. The number of nitrogens with zero attached hydrogens (tertiary/aromatic N) is 2. The van der Waals surface area contributed by atoms with E-state index in [1.165, 1.54) is 11.8 Å². The lowest BCUT2D eigenvalue weighted by molar-refractivity contribution is 0.343. The second-order valence-electron chi connectivity index (χ2n) is 1.82. The van der Waals surface area contributed by atoms with E-state index < -0.39 is 5.82 Å². The Kier molecular flexibility index (Phi) is 1.89. The Bertz CT molecular complexity index is 222. The van der Waals surface area contributed by atoms with E-state index in [2.05, 4.69) is 5.10 Å². The van der Waals surface area contributed by atoms with E-state index in [1.54, 1.807) is 0 Å². The van der Waals surface area contributed by atoms with E-state index in [-0.39, 0.29) is 5.88 Å². The fraction of sp³-hybridized carbons (Fsp3) is 0.500. The van der Waals surface area contributed by atoms with Crippen molar-refractivity contribution in [3.8, 4) is 5.88 Å². The minimum Gasteiger partial charge on any atom is -0.479 e. The van der Waals surface area contributed by atoms with Crippen molar-refractivity contribution in [1.29, 1.82) is 0 Å². The SMILES string of the molecule is CCn1ncc(F)c1OC. The van der Waals surface area contributed by atoms with Gasteiger partial charge in [-0.3, -0.25) is 0 Å². The molecule has 0 saturated heterocycles.